The van der Waals surface area contributed by atoms with Gasteiger partial charge in [0.15, 0.2) is 5.78 Å². The smallest absolute Gasteiger partial charge is 0.394 e. The number of carboxylic acids is 1. The number of nitrogens with zero attached hydrogens (tertiary/aromatic N) is 1. The molecule has 1 fully saturated rings. The number of aliphatic carboxylic acids is 1. The molecule has 3 rings (SSSR count). The van der Waals surface area contributed by atoms with Crippen LogP contribution >= 0.6 is 0 Å². The van der Waals surface area contributed by atoms with Crippen LogP contribution in [0.25, 0.3) is 0 Å². The highest BCUT2D eigenvalue weighted by Crippen LogP contribution is 2.38. The van der Waals surface area contributed by atoms with Crippen LogP contribution in [0.2, 0.25) is 0 Å². The zero-order chi connectivity index (χ0) is 19.8. The van der Waals surface area contributed by atoms with Crippen LogP contribution in [0.4, 0.5) is 13.2 Å². The average molecular weight is 383 g/mol. The number of carbonyl (C=O) groups excluding carboxylic acids is 2. The summed E-state index contributed by atoms with van der Waals surface area (Å²) in [5.74, 6) is -6.17. The molecule has 1 aromatic rings. The molecule has 0 unspecified atom stereocenters. The molecule has 0 radical (unpaired) electrons. The van der Waals surface area contributed by atoms with Crippen LogP contribution in [0, 0.1) is 11.8 Å². The van der Waals surface area contributed by atoms with E-state index in [9.17, 15) is 27.6 Å². The molecule has 1 aliphatic carbocycles. The number of carbonyl (C=O) groups is 3. The molecular weight excluding hydrogens is 363 g/mol. The number of halogens is 3. The van der Waals surface area contributed by atoms with Crippen molar-refractivity contribution >= 4 is 17.7 Å². The lowest BCUT2D eigenvalue weighted by Crippen LogP contribution is -2.34. The minimum atomic E-state index is -4.68. The first-order chi connectivity index (χ1) is 12.7. The van der Waals surface area contributed by atoms with Gasteiger partial charge in [0.05, 0.1) is 11.8 Å². The van der Waals surface area contributed by atoms with E-state index in [2.05, 4.69) is 0 Å². The number of carboxylic acid groups (broad SMARTS) is 1. The van der Waals surface area contributed by atoms with Crippen molar-refractivity contribution in [2.24, 2.45) is 11.8 Å². The standard InChI is InChI=1S/C19H20F3NO4/c20-19(21,22)15-10-23(9-14(15)18(26)27)17(25)7-6-16(24)13-5-4-11-2-1-3-12(11)8-13/h4-5,8,14-15H,1-3,6-7,9-10H2,(H,26,27)/t14-,15-/m1/s1. The second-order valence-corrected chi connectivity index (χ2v) is 7.15. The second kappa shape index (κ2) is 7.32. The van der Waals surface area contributed by atoms with Crippen molar-refractivity contribution in [3.63, 3.8) is 0 Å². The number of Topliss-reactive ketones (excluding diaryl/α,β-unsaturated/α-hetero) is 1. The van der Waals surface area contributed by atoms with Gasteiger partial charge in [-0.3, -0.25) is 14.4 Å². The van der Waals surface area contributed by atoms with Crippen LogP contribution in [-0.4, -0.2) is 46.9 Å². The molecule has 2 atom stereocenters. The number of aryl methyl sites for hydroxylation is 2. The quantitative estimate of drug-likeness (QED) is 0.794. The lowest BCUT2D eigenvalue weighted by Gasteiger charge is -2.18. The van der Waals surface area contributed by atoms with E-state index in [4.69, 9.17) is 5.11 Å². The molecule has 8 heteroatoms. The topological polar surface area (TPSA) is 74.7 Å². The number of hydrogen-bond acceptors (Lipinski definition) is 3. The summed E-state index contributed by atoms with van der Waals surface area (Å²) in [6, 6.07) is 5.45. The first-order valence-corrected chi connectivity index (χ1v) is 8.89. The fourth-order valence-electron chi connectivity index (χ4n) is 3.86. The summed E-state index contributed by atoms with van der Waals surface area (Å²) in [4.78, 5) is 36.5. The summed E-state index contributed by atoms with van der Waals surface area (Å²) in [5, 5.41) is 9.00. The number of amides is 1. The van der Waals surface area contributed by atoms with Crippen molar-refractivity contribution in [1.82, 2.24) is 4.90 Å². The first-order valence-electron chi connectivity index (χ1n) is 8.89. The monoisotopic (exact) mass is 383 g/mol. The Morgan fingerprint density at radius 3 is 2.41 bits per heavy atom. The molecule has 1 saturated heterocycles. The molecular formula is C19H20F3NO4. The van der Waals surface area contributed by atoms with Gasteiger partial charge in [0.1, 0.15) is 0 Å². The Hall–Kier alpha value is -2.38. The van der Waals surface area contributed by atoms with Crippen molar-refractivity contribution in [3.8, 4) is 0 Å². The Morgan fingerprint density at radius 2 is 1.78 bits per heavy atom. The third-order valence-corrected chi connectivity index (χ3v) is 5.40. The van der Waals surface area contributed by atoms with E-state index in [0.29, 0.717) is 5.56 Å². The van der Waals surface area contributed by atoms with Crippen LogP contribution < -0.4 is 0 Å². The predicted octanol–water partition coefficient (Wildman–Crippen LogP) is 2.86. The molecule has 1 aliphatic heterocycles. The number of benzene rings is 1. The number of ketones is 1. The van der Waals surface area contributed by atoms with Gasteiger partial charge in [0.2, 0.25) is 5.91 Å². The van der Waals surface area contributed by atoms with Crippen LogP contribution in [0.5, 0.6) is 0 Å². The fourth-order valence-corrected chi connectivity index (χ4v) is 3.86. The number of likely N-dealkylation sites (tertiary alicyclic amines) is 1. The van der Waals surface area contributed by atoms with Crippen molar-refractivity contribution in [3.05, 3.63) is 34.9 Å². The summed E-state index contributed by atoms with van der Waals surface area (Å²) in [7, 11) is 0. The maximum absolute atomic E-state index is 13.0. The molecule has 1 amide bonds. The van der Waals surface area contributed by atoms with Crippen LogP contribution in [0.1, 0.15) is 40.7 Å². The summed E-state index contributed by atoms with van der Waals surface area (Å²) >= 11 is 0. The summed E-state index contributed by atoms with van der Waals surface area (Å²) in [6.07, 6.45) is -2.07. The molecule has 1 aromatic carbocycles. The first kappa shape index (κ1) is 19.4. The van der Waals surface area contributed by atoms with Crippen LogP contribution in [0.15, 0.2) is 18.2 Å². The molecule has 0 aromatic heterocycles. The Kier molecular flexibility index (Phi) is 5.26. The number of rotatable bonds is 5. The molecule has 0 spiro atoms. The molecule has 146 valence electrons. The Labute approximate surface area is 154 Å². The lowest BCUT2D eigenvalue weighted by molar-refractivity contribution is -0.188. The van der Waals surface area contributed by atoms with E-state index < -0.39 is 43.0 Å². The van der Waals surface area contributed by atoms with Gasteiger partial charge in [-0.15, -0.1) is 0 Å². The van der Waals surface area contributed by atoms with E-state index >= 15 is 0 Å². The Bertz CT molecular complexity index is 775. The molecule has 27 heavy (non-hydrogen) atoms. The zero-order valence-electron chi connectivity index (χ0n) is 14.6. The lowest BCUT2D eigenvalue weighted by atomic mass is 9.96. The minimum Gasteiger partial charge on any atom is -0.481 e. The molecule has 5 nitrogen and oxygen atoms in total. The normalized spacial score (nSPS) is 22.0. The van der Waals surface area contributed by atoms with Crippen LogP contribution in [0.3, 0.4) is 0 Å². The number of hydrogen-bond donors (Lipinski definition) is 1. The third kappa shape index (κ3) is 4.14. The summed E-state index contributed by atoms with van der Waals surface area (Å²) in [5.41, 5.74) is 2.85. The van der Waals surface area contributed by atoms with Crippen molar-refractivity contribution in [1.29, 1.82) is 0 Å². The van der Waals surface area contributed by atoms with Crippen LogP contribution in [-0.2, 0) is 22.4 Å². The van der Waals surface area contributed by atoms with Gasteiger partial charge in [0, 0.05) is 31.5 Å². The molecule has 1 N–H and O–H groups in total. The highest BCUT2D eigenvalue weighted by atomic mass is 19.4. The van der Waals surface area contributed by atoms with E-state index in [0.717, 1.165) is 29.7 Å². The Balaban J connectivity index is 1.59. The van der Waals surface area contributed by atoms with E-state index in [1.165, 1.54) is 5.56 Å². The van der Waals surface area contributed by atoms with Gasteiger partial charge in [-0.05, 0) is 36.5 Å². The van der Waals surface area contributed by atoms with Crippen molar-refractivity contribution < 1.29 is 32.7 Å². The molecule has 0 bridgehead atoms. The Morgan fingerprint density at radius 1 is 1.07 bits per heavy atom. The maximum atomic E-state index is 13.0. The van der Waals surface area contributed by atoms with Gasteiger partial charge in [-0.2, -0.15) is 13.2 Å². The maximum Gasteiger partial charge on any atom is 0.394 e. The highest BCUT2D eigenvalue weighted by molar-refractivity contribution is 5.98. The van der Waals surface area contributed by atoms with Gasteiger partial charge in [0.25, 0.3) is 0 Å². The number of alkyl halides is 3. The van der Waals surface area contributed by atoms with Crippen molar-refractivity contribution in [2.45, 2.75) is 38.3 Å². The minimum absolute atomic E-state index is 0.109. The predicted molar refractivity (Wildman–Crippen MR) is 89.3 cm³/mol. The zero-order valence-corrected chi connectivity index (χ0v) is 14.6. The highest BCUT2D eigenvalue weighted by Gasteiger charge is 2.53. The molecule has 0 saturated carbocycles. The van der Waals surface area contributed by atoms with Gasteiger partial charge in [-0.25, -0.2) is 0 Å². The second-order valence-electron chi connectivity index (χ2n) is 7.15. The summed E-state index contributed by atoms with van der Waals surface area (Å²) in [6.45, 7) is -1.16. The fraction of sp³-hybridized carbons (Fsp3) is 0.526. The average Bonchev–Trinajstić information content (AvgIpc) is 3.24. The van der Waals surface area contributed by atoms with Gasteiger partial charge in [-0.1, -0.05) is 12.1 Å². The molecule has 2 aliphatic rings. The summed E-state index contributed by atoms with van der Waals surface area (Å²) < 4.78 is 39.0. The largest absolute Gasteiger partial charge is 0.481 e. The van der Waals surface area contributed by atoms with Gasteiger partial charge >= 0.3 is 12.1 Å². The van der Waals surface area contributed by atoms with E-state index in [1.54, 1.807) is 6.07 Å². The molecule has 1 heterocycles. The number of fused-ring (bicyclic) bond motifs is 1. The van der Waals surface area contributed by atoms with E-state index in [-0.39, 0.29) is 18.6 Å². The van der Waals surface area contributed by atoms with Gasteiger partial charge < -0.3 is 10.0 Å². The SMILES string of the molecule is O=C(CCC(=O)N1C[C@@H](C(F)(F)F)[C@H](C(=O)O)C1)c1ccc2c(c1)CCC2. The third-order valence-electron chi connectivity index (χ3n) is 5.40. The van der Waals surface area contributed by atoms with E-state index in [1.807, 2.05) is 12.1 Å². The van der Waals surface area contributed by atoms with Crippen molar-refractivity contribution in [2.75, 3.05) is 13.1 Å².